The average molecular weight is 379 g/mol. The van der Waals surface area contributed by atoms with Crippen molar-refractivity contribution in [2.45, 2.75) is 26.4 Å². The molecule has 0 aliphatic carbocycles. The number of imidazole rings is 1. The molecule has 0 saturated heterocycles. The lowest BCUT2D eigenvalue weighted by Crippen LogP contribution is -2.28. The number of fused-ring (bicyclic) bond motifs is 2. The van der Waals surface area contributed by atoms with E-state index in [0.717, 1.165) is 28.1 Å². The summed E-state index contributed by atoms with van der Waals surface area (Å²) in [5.41, 5.74) is 1.63. The number of para-hydroxylation sites is 2. The quantitative estimate of drug-likeness (QED) is 0.578. The highest BCUT2D eigenvalue weighted by Crippen LogP contribution is 2.20. The molecule has 0 aliphatic rings. The Balaban J connectivity index is 1.62. The molecule has 2 heterocycles. The second kappa shape index (κ2) is 7.22. The van der Waals surface area contributed by atoms with E-state index in [4.69, 9.17) is 0 Å². The van der Waals surface area contributed by atoms with Crippen molar-refractivity contribution in [3.63, 3.8) is 0 Å². The van der Waals surface area contributed by atoms with Gasteiger partial charge in [-0.15, -0.1) is 0 Å². The van der Waals surface area contributed by atoms with Gasteiger partial charge in [0.05, 0.1) is 28.3 Å². The Kier molecular flexibility index (Phi) is 4.60. The molecule has 28 heavy (non-hydrogen) atoms. The highest BCUT2D eigenvalue weighted by Gasteiger charge is 2.14. The van der Waals surface area contributed by atoms with E-state index in [1.54, 1.807) is 0 Å². The molecule has 2 aromatic carbocycles. The predicted octanol–water partition coefficient (Wildman–Crippen LogP) is 2.93. The second-order valence-corrected chi connectivity index (χ2v) is 6.46. The van der Waals surface area contributed by atoms with Gasteiger partial charge in [-0.25, -0.2) is 14.4 Å². The van der Waals surface area contributed by atoms with Crippen LogP contribution in [0, 0.1) is 5.82 Å². The molecule has 0 spiro atoms. The zero-order chi connectivity index (χ0) is 19.7. The third-order valence-corrected chi connectivity index (χ3v) is 4.45. The highest BCUT2D eigenvalue weighted by atomic mass is 19.1. The minimum absolute atomic E-state index is 0.133. The Bertz CT molecular complexity index is 1240. The second-order valence-electron chi connectivity index (χ2n) is 6.46. The summed E-state index contributed by atoms with van der Waals surface area (Å²) in [5, 5.41) is 2.90. The van der Waals surface area contributed by atoms with Crippen LogP contribution in [0.25, 0.3) is 21.9 Å². The summed E-state index contributed by atoms with van der Waals surface area (Å²) in [4.78, 5) is 33.7. The number of rotatable bonds is 5. The molecule has 0 radical (unpaired) electrons. The fourth-order valence-corrected chi connectivity index (χ4v) is 3.18. The standard InChI is InChI=1S/C20H18FN5O2/c1-2-9-26-17-6-4-3-5-16(17)23-20(26)24-18(27)11-25-12-22-15-8-7-13(21)10-14(15)19(25)28/h3-8,10,12H,2,9,11H2,1H3,(H,23,24,27). The summed E-state index contributed by atoms with van der Waals surface area (Å²) in [7, 11) is 0. The number of aryl methyl sites for hydroxylation is 1. The van der Waals surface area contributed by atoms with Crippen LogP contribution in [0.4, 0.5) is 10.3 Å². The summed E-state index contributed by atoms with van der Waals surface area (Å²) in [6, 6.07) is 11.4. The first-order chi connectivity index (χ1) is 13.6. The lowest BCUT2D eigenvalue weighted by atomic mass is 10.2. The van der Waals surface area contributed by atoms with Gasteiger partial charge in [0.25, 0.3) is 5.56 Å². The van der Waals surface area contributed by atoms with E-state index in [2.05, 4.69) is 15.3 Å². The number of nitrogens with one attached hydrogen (secondary N) is 1. The SMILES string of the molecule is CCCn1c(NC(=O)Cn2cnc3ccc(F)cc3c2=O)nc2ccccc21. The van der Waals surface area contributed by atoms with E-state index in [0.29, 0.717) is 18.0 Å². The maximum Gasteiger partial charge on any atom is 0.261 e. The lowest BCUT2D eigenvalue weighted by Gasteiger charge is -2.10. The Hall–Kier alpha value is -3.55. The molecule has 0 bridgehead atoms. The molecular formula is C20H18FN5O2. The van der Waals surface area contributed by atoms with Crippen LogP contribution in [-0.2, 0) is 17.9 Å². The van der Waals surface area contributed by atoms with Gasteiger partial charge in [-0.05, 0) is 36.8 Å². The van der Waals surface area contributed by atoms with Crippen LogP contribution in [0.5, 0.6) is 0 Å². The molecule has 1 N–H and O–H groups in total. The third-order valence-electron chi connectivity index (χ3n) is 4.45. The smallest absolute Gasteiger partial charge is 0.261 e. The van der Waals surface area contributed by atoms with Crippen molar-refractivity contribution in [3.05, 3.63) is 65.0 Å². The van der Waals surface area contributed by atoms with E-state index in [1.165, 1.54) is 18.5 Å². The molecule has 0 saturated carbocycles. The molecule has 8 heteroatoms. The Morgan fingerprint density at radius 1 is 1.18 bits per heavy atom. The Labute approximate surface area is 159 Å². The first kappa shape index (κ1) is 17.8. The van der Waals surface area contributed by atoms with E-state index >= 15 is 0 Å². The number of benzene rings is 2. The van der Waals surface area contributed by atoms with E-state index < -0.39 is 17.3 Å². The summed E-state index contributed by atoms with van der Waals surface area (Å²) in [6.45, 7) is 2.50. The van der Waals surface area contributed by atoms with Crippen LogP contribution in [0.15, 0.2) is 53.6 Å². The third kappa shape index (κ3) is 3.24. The van der Waals surface area contributed by atoms with Gasteiger partial charge in [-0.2, -0.15) is 0 Å². The first-order valence-electron chi connectivity index (χ1n) is 8.96. The predicted molar refractivity (Wildman–Crippen MR) is 105 cm³/mol. The molecule has 0 aliphatic heterocycles. The van der Waals surface area contributed by atoms with Gasteiger partial charge in [-0.1, -0.05) is 19.1 Å². The van der Waals surface area contributed by atoms with Crippen LogP contribution in [0.1, 0.15) is 13.3 Å². The van der Waals surface area contributed by atoms with Gasteiger partial charge in [0.15, 0.2) is 0 Å². The van der Waals surface area contributed by atoms with Crippen LogP contribution >= 0.6 is 0 Å². The maximum absolute atomic E-state index is 13.5. The summed E-state index contributed by atoms with van der Waals surface area (Å²) >= 11 is 0. The fraction of sp³-hybridized carbons (Fsp3) is 0.200. The van der Waals surface area contributed by atoms with Gasteiger partial charge in [0.1, 0.15) is 12.4 Å². The number of carbonyl (C=O) groups is 1. The number of nitrogens with zero attached hydrogens (tertiary/aromatic N) is 4. The number of aromatic nitrogens is 4. The fourth-order valence-electron chi connectivity index (χ4n) is 3.18. The summed E-state index contributed by atoms with van der Waals surface area (Å²) in [6.07, 6.45) is 2.17. The molecule has 0 unspecified atom stereocenters. The molecule has 4 aromatic rings. The minimum Gasteiger partial charge on any atom is -0.310 e. The van der Waals surface area contributed by atoms with E-state index in [9.17, 15) is 14.0 Å². The number of amides is 1. The van der Waals surface area contributed by atoms with Crippen LogP contribution in [0.3, 0.4) is 0 Å². The number of hydrogen-bond donors (Lipinski definition) is 1. The highest BCUT2D eigenvalue weighted by molar-refractivity contribution is 5.91. The van der Waals surface area contributed by atoms with Crippen molar-refractivity contribution in [2.75, 3.05) is 5.32 Å². The van der Waals surface area contributed by atoms with E-state index in [1.807, 2.05) is 35.8 Å². The van der Waals surface area contributed by atoms with Crippen molar-refractivity contribution < 1.29 is 9.18 Å². The molecule has 142 valence electrons. The average Bonchev–Trinajstić information content (AvgIpc) is 3.02. The normalized spacial score (nSPS) is 11.2. The largest absolute Gasteiger partial charge is 0.310 e. The summed E-state index contributed by atoms with van der Waals surface area (Å²) < 4.78 is 16.5. The molecule has 7 nitrogen and oxygen atoms in total. The van der Waals surface area contributed by atoms with Gasteiger partial charge in [0.2, 0.25) is 11.9 Å². The van der Waals surface area contributed by atoms with Crippen molar-refractivity contribution in [2.24, 2.45) is 0 Å². The molecule has 2 aromatic heterocycles. The van der Waals surface area contributed by atoms with Crippen molar-refractivity contribution in [3.8, 4) is 0 Å². The van der Waals surface area contributed by atoms with Crippen molar-refractivity contribution in [1.82, 2.24) is 19.1 Å². The van der Waals surface area contributed by atoms with Gasteiger partial charge in [0, 0.05) is 6.54 Å². The van der Waals surface area contributed by atoms with Crippen molar-refractivity contribution >= 4 is 33.8 Å². The van der Waals surface area contributed by atoms with Crippen LogP contribution in [-0.4, -0.2) is 25.0 Å². The van der Waals surface area contributed by atoms with Crippen LogP contribution < -0.4 is 10.9 Å². The number of carbonyl (C=O) groups excluding carboxylic acids is 1. The zero-order valence-electron chi connectivity index (χ0n) is 15.2. The maximum atomic E-state index is 13.5. The zero-order valence-corrected chi connectivity index (χ0v) is 15.2. The Morgan fingerprint density at radius 2 is 2.00 bits per heavy atom. The first-order valence-corrected chi connectivity index (χ1v) is 8.96. The van der Waals surface area contributed by atoms with Crippen molar-refractivity contribution in [1.29, 1.82) is 0 Å². The molecular weight excluding hydrogens is 361 g/mol. The lowest BCUT2D eigenvalue weighted by molar-refractivity contribution is -0.116. The number of hydrogen-bond acceptors (Lipinski definition) is 4. The van der Waals surface area contributed by atoms with Gasteiger partial charge >= 0.3 is 0 Å². The van der Waals surface area contributed by atoms with Gasteiger partial charge in [-0.3, -0.25) is 19.5 Å². The summed E-state index contributed by atoms with van der Waals surface area (Å²) in [5.74, 6) is -0.505. The molecule has 4 rings (SSSR count). The van der Waals surface area contributed by atoms with Crippen LogP contribution in [0.2, 0.25) is 0 Å². The number of anilines is 1. The molecule has 0 atom stereocenters. The molecule has 1 amide bonds. The number of halogens is 1. The van der Waals surface area contributed by atoms with Gasteiger partial charge < -0.3 is 4.57 Å². The molecule has 0 fully saturated rings. The van der Waals surface area contributed by atoms with E-state index in [-0.39, 0.29) is 11.9 Å². The minimum atomic E-state index is -0.526. The topological polar surface area (TPSA) is 81.8 Å². The monoisotopic (exact) mass is 379 g/mol. The Morgan fingerprint density at radius 3 is 2.82 bits per heavy atom.